The number of phosphoric ester groups is 1. The van der Waals surface area contributed by atoms with E-state index >= 15 is 0 Å². The van der Waals surface area contributed by atoms with Gasteiger partial charge in [-0.15, -0.1) is 0 Å². The van der Waals surface area contributed by atoms with Crippen LogP contribution < -0.4 is 44.3 Å². The van der Waals surface area contributed by atoms with Crippen molar-refractivity contribution in [2.45, 2.75) is 0 Å². The van der Waals surface area contributed by atoms with Crippen molar-refractivity contribution < 1.29 is 72.5 Å². The van der Waals surface area contributed by atoms with Crippen LogP contribution >= 0.6 is 27.2 Å². The van der Waals surface area contributed by atoms with Crippen molar-refractivity contribution in [2.24, 2.45) is 0 Å². The molecule has 2 rings (SSSR count). The molecule has 1 heterocycles. The van der Waals surface area contributed by atoms with Crippen molar-refractivity contribution in [3.8, 4) is 11.8 Å². The maximum absolute atomic E-state index is 12.2. The van der Waals surface area contributed by atoms with Crippen LogP contribution in [0.2, 0.25) is 5.02 Å². The Morgan fingerprint density at radius 3 is 2.24 bits per heavy atom. The molecule has 0 aliphatic rings. The molecule has 29 heavy (non-hydrogen) atoms. The predicted molar refractivity (Wildman–Crippen MR) is 90.9 cm³/mol. The Morgan fingerprint density at radius 2 is 1.79 bits per heavy atom. The number of carbonyl (C=O) groups excluding carboxylic acids is 1. The molecule has 13 nitrogen and oxygen atoms in total. The van der Waals surface area contributed by atoms with Gasteiger partial charge in [0.1, 0.15) is 11.8 Å². The van der Waals surface area contributed by atoms with Gasteiger partial charge >= 0.3 is 37.4 Å². The zero-order valence-electron chi connectivity index (χ0n) is 14.3. The maximum Gasteiger partial charge on any atom is 1.00 e. The van der Waals surface area contributed by atoms with Gasteiger partial charge in [-0.3, -0.25) is 19.1 Å². The van der Waals surface area contributed by atoms with Crippen LogP contribution in [-0.4, -0.2) is 35.4 Å². The van der Waals surface area contributed by atoms with E-state index < -0.39 is 21.6 Å². The first kappa shape index (κ1) is 27.6. The summed E-state index contributed by atoms with van der Waals surface area (Å²) in [6, 6.07) is 5.41. The van der Waals surface area contributed by atoms with Crippen LogP contribution in [-0.2, 0) is 9.13 Å². The van der Waals surface area contributed by atoms with Crippen molar-refractivity contribution in [1.82, 2.24) is 9.97 Å². The Balaban J connectivity index is 0.00000117. The van der Waals surface area contributed by atoms with Crippen LogP contribution in [0.25, 0.3) is 0 Å². The molecule has 0 aliphatic heterocycles. The summed E-state index contributed by atoms with van der Waals surface area (Å²) >= 11 is 5.78. The molecule has 0 saturated carbocycles. The summed E-state index contributed by atoms with van der Waals surface area (Å²) in [6.07, 6.45) is 2.31. The molecule has 0 fully saturated rings. The number of aromatic nitrogens is 2. The van der Waals surface area contributed by atoms with E-state index in [1.165, 1.54) is 12.1 Å². The third kappa shape index (κ3) is 12.0. The number of anilines is 1. The Kier molecular flexibility index (Phi) is 11.1. The van der Waals surface area contributed by atoms with Gasteiger partial charge in [0.05, 0.1) is 18.0 Å². The Morgan fingerprint density at radius 1 is 1.21 bits per heavy atom. The summed E-state index contributed by atoms with van der Waals surface area (Å²) in [4.78, 5) is 60.4. The summed E-state index contributed by atoms with van der Waals surface area (Å²) in [5.41, 5.74) is -0.136. The van der Waals surface area contributed by atoms with Crippen molar-refractivity contribution in [1.29, 1.82) is 5.26 Å². The molecule has 150 valence electrons. The van der Waals surface area contributed by atoms with Crippen LogP contribution in [0.3, 0.4) is 0 Å². The zero-order chi connectivity index (χ0) is 21.5. The Labute approximate surface area is 190 Å². The molecule has 1 aromatic carbocycles. The first-order chi connectivity index (χ1) is 12.8. The summed E-state index contributed by atoms with van der Waals surface area (Å²) in [5, 5.41) is 11.1. The molecule has 1 aromatic heterocycles. The molecular weight excluding hydrogens is 465 g/mol. The number of nitrogens with one attached hydrogen (secondary N) is 1. The standard InChI is InChI=1S/C12H8ClN4O5P.Na.H3O4P/c13-7-1-2-10(22-23(19,20)21)9(3-7)12(18)17-11-6-15-8(4-14)5-16-11;;1-5(2,3)4/h1-3,5-6H,(H,16,17,18)(H2,19,20,21);;(H3,1,2,3,4)/q;+1;/p-1. The summed E-state index contributed by atoms with van der Waals surface area (Å²) < 4.78 is 24.2. The van der Waals surface area contributed by atoms with Crippen LogP contribution in [0.15, 0.2) is 30.6 Å². The van der Waals surface area contributed by atoms with Gasteiger partial charge in [-0.05, 0) is 18.2 Å². The fraction of sp³-hybridized carbons (Fsp3) is 0. The van der Waals surface area contributed by atoms with Gasteiger partial charge in [-0.1, -0.05) is 11.6 Å². The van der Waals surface area contributed by atoms with E-state index in [1.54, 1.807) is 6.07 Å². The van der Waals surface area contributed by atoms with E-state index in [0.29, 0.717) is 0 Å². The van der Waals surface area contributed by atoms with Gasteiger partial charge in [0.15, 0.2) is 11.5 Å². The fourth-order valence-corrected chi connectivity index (χ4v) is 2.11. The van der Waals surface area contributed by atoms with Crippen LogP contribution in [0.5, 0.6) is 5.75 Å². The second kappa shape index (κ2) is 11.7. The quantitative estimate of drug-likeness (QED) is 0.223. The fourth-order valence-electron chi connectivity index (χ4n) is 1.52. The van der Waals surface area contributed by atoms with Gasteiger partial charge in [-0.2, -0.15) is 5.26 Å². The monoisotopic (exact) mass is 474 g/mol. The number of rotatable bonds is 4. The minimum atomic E-state index is -4.89. The summed E-state index contributed by atoms with van der Waals surface area (Å²) in [6.45, 7) is 0. The third-order valence-corrected chi connectivity index (χ3v) is 3.08. The Bertz CT molecular complexity index is 982. The average Bonchev–Trinajstić information content (AvgIpc) is 2.54. The molecule has 0 atom stereocenters. The number of carbonyl (C=O) groups is 1. The van der Waals surface area contributed by atoms with E-state index in [-0.39, 0.29) is 57.4 Å². The molecule has 1 amide bonds. The van der Waals surface area contributed by atoms with Crippen LogP contribution in [0.4, 0.5) is 5.82 Å². The summed E-state index contributed by atoms with van der Waals surface area (Å²) in [7, 11) is -9.74. The molecule has 2 aromatic rings. The second-order valence-corrected chi connectivity index (χ2v) is 7.15. The van der Waals surface area contributed by atoms with Crippen LogP contribution in [0, 0.1) is 11.3 Å². The number of phosphoric acid groups is 2. The molecular formula is C12H10ClN4NaO9P2. The van der Waals surface area contributed by atoms with Crippen molar-refractivity contribution in [2.75, 3.05) is 5.32 Å². The first-order valence-corrected chi connectivity index (χ1v) is 10.1. The third-order valence-electron chi connectivity index (χ3n) is 2.41. The molecule has 0 radical (unpaired) electrons. The number of hydrogen-bond donors (Lipinski definition) is 5. The molecule has 0 aliphatic carbocycles. The van der Waals surface area contributed by atoms with Gasteiger partial charge < -0.3 is 24.5 Å². The smallest absolute Gasteiger partial charge is 0.756 e. The van der Waals surface area contributed by atoms with Crippen LogP contribution in [0.1, 0.15) is 16.1 Å². The average molecular weight is 475 g/mol. The van der Waals surface area contributed by atoms with E-state index in [2.05, 4.69) is 19.8 Å². The molecule has 0 saturated heterocycles. The second-order valence-electron chi connectivity index (χ2n) is 4.57. The maximum atomic E-state index is 12.2. The van der Waals surface area contributed by atoms with Crippen molar-refractivity contribution in [3.05, 3.63) is 46.9 Å². The molecule has 17 heteroatoms. The minimum absolute atomic E-state index is 0. The Hall–Kier alpha value is -1.39. The predicted octanol–water partition coefficient (Wildman–Crippen LogP) is -2.83. The molecule has 0 unspecified atom stereocenters. The number of amides is 1. The van der Waals surface area contributed by atoms with Gasteiger partial charge in [0, 0.05) is 5.02 Å². The van der Waals surface area contributed by atoms with Gasteiger partial charge in [-0.25, -0.2) is 14.5 Å². The number of nitriles is 1. The molecule has 0 spiro atoms. The number of benzene rings is 1. The molecule has 5 N–H and O–H groups in total. The van der Waals surface area contributed by atoms with E-state index in [9.17, 15) is 9.36 Å². The SMILES string of the molecule is N#Cc1cnc(NC(=O)c2cc(Cl)ccc2OP(=O)(O)O)cn1.O=P([O-])(O)O.[Na+]. The topological polar surface area (TPSA) is 226 Å². The van der Waals surface area contributed by atoms with Gasteiger partial charge in [0.25, 0.3) is 13.7 Å². The van der Waals surface area contributed by atoms with Crippen molar-refractivity contribution in [3.63, 3.8) is 0 Å². The number of nitrogens with zero attached hydrogens (tertiary/aromatic N) is 3. The van der Waals surface area contributed by atoms with E-state index in [4.69, 9.17) is 45.9 Å². The first-order valence-electron chi connectivity index (χ1n) is 6.63. The zero-order valence-corrected chi connectivity index (χ0v) is 18.9. The van der Waals surface area contributed by atoms with Crippen molar-refractivity contribution >= 4 is 39.0 Å². The van der Waals surface area contributed by atoms with E-state index in [0.717, 1.165) is 18.5 Å². The normalized spacial score (nSPS) is 10.5. The summed E-state index contributed by atoms with van der Waals surface area (Å²) in [5.74, 6) is -1.08. The minimum Gasteiger partial charge on any atom is -0.756 e. The number of halogens is 1. The van der Waals surface area contributed by atoms with E-state index in [1.807, 2.05) is 0 Å². The van der Waals surface area contributed by atoms with Gasteiger partial charge in [0.2, 0.25) is 0 Å². The molecule has 0 bridgehead atoms. The number of hydrogen-bond acceptors (Lipinski definition) is 8. The largest absolute Gasteiger partial charge is 1.00 e.